The Hall–Kier alpha value is -1.55. The number of rotatable bonds is 1. The molecule has 1 aromatic carbocycles. The third-order valence-corrected chi connectivity index (χ3v) is 3.71. The van der Waals surface area contributed by atoms with Gasteiger partial charge in [0.1, 0.15) is 0 Å². The molecule has 0 saturated carbocycles. The molecule has 1 heterocycles. The van der Waals surface area contributed by atoms with Crippen LogP contribution in [0.3, 0.4) is 0 Å². The van der Waals surface area contributed by atoms with E-state index in [1.165, 1.54) is 0 Å². The Bertz CT molecular complexity index is 479. The molecule has 0 saturated heterocycles. The van der Waals surface area contributed by atoms with Gasteiger partial charge in [0.15, 0.2) is 0 Å². The topological polar surface area (TPSA) is 49.6 Å². The Labute approximate surface area is 115 Å². The lowest BCUT2D eigenvalue weighted by Crippen LogP contribution is -2.53. The van der Waals surface area contributed by atoms with Gasteiger partial charge in [-0.25, -0.2) is 0 Å². The maximum Gasteiger partial charge on any atom is 0.244 e. The van der Waals surface area contributed by atoms with Crippen molar-refractivity contribution in [2.45, 2.75) is 26.8 Å². The second-order valence-corrected chi connectivity index (χ2v) is 6.24. The van der Waals surface area contributed by atoms with Gasteiger partial charge in [0.05, 0.1) is 17.4 Å². The van der Waals surface area contributed by atoms with Gasteiger partial charge in [0, 0.05) is 20.1 Å². The van der Waals surface area contributed by atoms with Crippen LogP contribution in [-0.4, -0.2) is 32.1 Å². The summed E-state index contributed by atoms with van der Waals surface area (Å²) in [6.07, 6.45) is 0. The molecule has 0 aromatic heterocycles. The van der Waals surface area contributed by atoms with Crippen LogP contribution in [0.1, 0.15) is 20.8 Å². The molecule has 19 heavy (non-hydrogen) atoms. The number of hydrogen-bond donors (Lipinski definition) is 1. The lowest BCUT2D eigenvalue weighted by Gasteiger charge is -2.38. The second-order valence-electron chi connectivity index (χ2n) is 6.24. The fourth-order valence-electron chi connectivity index (χ4n) is 2.27. The molecule has 1 atom stereocenters. The summed E-state index contributed by atoms with van der Waals surface area (Å²) in [7, 11) is 2.05. The molecule has 0 unspecified atom stereocenters. The molecular formula is C15H23N3O. The Morgan fingerprint density at radius 2 is 1.79 bits per heavy atom. The molecule has 4 heteroatoms. The largest absolute Gasteiger partial charge is 0.371 e. The van der Waals surface area contributed by atoms with E-state index < -0.39 is 6.04 Å². The van der Waals surface area contributed by atoms with E-state index in [4.69, 9.17) is 5.73 Å². The van der Waals surface area contributed by atoms with Crippen molar-refractivity contribution in [1.82, 2.24) is 0 Å². The Morgan fingerprint density at radius 1 is 1.21 bits per heavy atom. The van der Waals surface area contributed by atoms with E-state index in [9.17, 15) is 4.79 Å². The van der Waals surface area contributed by atoms with Gasteiger partial charge in [-0.3, -0.25) is 4.79 Å². The SMILES string of the molecule is CN1CCN(C(=O)[C@H](N)C(C)(C)C)c2ccccc21. The monoisotopic (exact) mass is 261 g/mol. The zero-order valence-electron chi connectivity index (χ0n) is 12.2. The number of para-hydroxylation sites is 2. The maximum atomic E-state index is 12.6. The van der Waals surface area contributed by atoms with Crippen molar-refractivity contribution in [3.05, 3.63) is 24.3 Å². The van der Waals surface area contributed by atoms with E-state index in [2.05, 4.69) is 4.90 Å². The molecule has 0 aliphatic carbocycles. The van der Waals surface area contributed by atoms with E-state index in [0.717, 1.165) is 17.9 Å². The van der Waals surface area contributed by atoms with Crippen LogP contribution < -0.4 is 15.5 Å². The quantitative estimate of drug-likeness (QED) is 0.839. The van der Waals surface area contributed by atoms with Crippen molar-refractivity contribution in [2.75, 3.05) is 29.9 Å². The number of carbonyl (C=O) groups excluding carboxylic acids is 1. The van der Waals surface area contributed by atoms with Gasteiger partial charge in [-0.05, 0) is 17.5 Å². The molecule has 104 valence electrons. The van der Waals surface area contributed by atoms with Gasteiger partial charge in [-0.1, -0.05) is 32.9 Å². The van der Waals surface area contributed by atoms with Gasteiger partial charge in [-0.15, -0.1) is 0 Å². The molecule has 2 rings (SSSR count). The summed E-state index contributed by atoms with van der Waals surface area (Å²) in [4.78, 5) is 16.6. The summed E-state index contributed by atoms with van der Waals surface area (Å²) in [5.41, 5.74) is 7.93. The molecule has 0 bridgehead atoms. The van der Waals surface area contributed by atoms with Crippen LogP contribution in [0.15, 0.2) is 24.3 Å². The third-order valence-electron chi connectivity index (χ3n) is 3.71. The molecule has 0 fully saturated rings. The van der Waals surface area contributed by atoms with Crippen molar-refractivity contribution < 1.29 is 4.79 Å². The number of carbonyl (C=O) groups is 1. The zero-order chi connectivity index (χ0) is 14.2. The normalized spacial score (nSPS) is 17.1. The highest BCUT2D eigenvalue weighted by atomic mass is 16.2. The van der Waals surface area contributed by atoms with Gasteiger partial charge in [0.2, 0.25) is 5.91 Å². The molecule has 2 N–H and O–H groups in total. The van der Waals surface area contributed by atoms with E-state index in [0.29, 0.717) is 6.54 Å². The smallest absolute Gasteiger partial charge is 0.244 e. The predicted molar refractivity (Wildman–Crippen MR) is 79.5 cm³/mol. The Morgan fingerprint density at radius 3 is 2.37 bits per heavy atom. The van der Waals surface area contributed by atoms with Crippen LogP contribution in [0, 0.1) is 5.41 Å². The number of fused-ring (bicyclic) bond motifs is 1. The molecule has 1 amide bonds. The van der Waals surface area contributed by atoms with E-state index in [1.54, 1.807) is 0 Å². The van der Waals surface area contributed by atoms with Crippen LogP contribution in [0.5, 0.6) is 0 Å². The highest BCUT2D eigenvalue weighted by molar-refractivity contribution is 6.01. The van der Waals surface area contributed by atoms with E-state index in [1.807, 2.05) is 57.0 Å². The molecular weight excluding hydrogens is 238 g/mol. The minimum Gasteiger partial charge on any atom is -0.371 e. The second kappa shape index (κ2) is 4.85. The molecule has 1 aromatic rings. The third kappa shape index (κ3) is 2.59. The summed E-state index contributed by atoms with van der Waals surface area (Å²) in [5, 5.41) is 0. The summed E-state index contributed by atoms with van der Waals surface area (Å²) in [6.45, 7) is 7.52. The van der Waals surface area contributed by atoms with Crippen molar-refractivity contribution in [3.63, 3.8) is 0 Å². The molecule has 0 spiro atoms. The van der Waals surface area contributed by atoms with Crippen molar-refractivity contribution in [1.29, 1.82) is 0 Å². The van der Waals surface area contributed by atoms with Gasteiger partial charge < -0.3 is 15.5 Å². The fraction of sp³-hybridized carbons (Fsp3) is 0.533. The van der Waals surface area contributed by atoms with Crippen LogP contribution in [0.25, 0.3) is 0 Å². The van der Waals surface area contributed by atoms with Crippen molar-refractivity contribution in [2.24, 2.45) is 11.1 Å². The van der Waals surface area contributed by atoms with Crippen molar-refractivity contribution >= 4 is 17.3 Å². The molecule has 1 aliphatic rings. The van der Waals surface area contributed by atoms with Crippen LogP contribution in [0.2, 0.25) is 0 Å². The van der Waals surface area contributed by atoms with Crippen LogP contribution in [0.4, 0.5) is 11.4 Å². The number of nitrogens with zero attached hydrogens (tertiary/aromatic N) is 2. The van der Waals surface area contributed by atoms with Crippen LogP contribution in [-0.2, 0) is 4.79 Å². The first-order valence-corrected chi connectivity index (χ1v) is 6.69. The average Bonchev–Trinajstić information content (AvgIpc) is 2.37. The maximum absolute atomic E-state index is 12.6. The number of nitrogens with two attached hydrogens (primary N) is 1. The predicted octanol–water partition coefficient (Wildman–Crippen LogP) is 1.84. The Balaban J connectivity index is 2.33. The fourth-order valence-corrected chi connectivity index (χ4v) is 2.27. The number of hydrogen-bond acceptors (Lipinski definition) is 3. The first kappa shape index (κ1) is 13.9. The lowest BCUT2D eigenvalue weighted by molar-refractivity contribution is -0.121. The average molecular weight is 261 g/mol. The summed E-state index contributed by atoms with van der Waals surface area (Å²) >= 11 is 0. The van der Waals surface area contributed by atoms with Crippen LogP contribution >= 0.6 is 0 Å². The van der Waals surface area contributed by atoms with Gasteiger partial charge >= 0.3 is 0 Å². The Kier molecular flexibility index (Phi) is 3.54. The highest BCUT2D eigenvalue weighted by Crippen LogP contribution is 2.33. The van der Waals surface area contributed by atoms with E-state index >= 15 is 0 Å². The molecule has 1 aliphatic heterocycles. The first-order valence-electron chi connectivity index (χ1n) is 6.69. The lowest BCUT2D eigenvalue weighted by atomic mass is 9.86. The number of benzene rings is 1. The molecule has 0 radical (unpaired) electrons. The number of amides is 1. The molecule has 4 nitrogen and oxygen atoms in total. The standard InChI is InChI=1S/C15H23N3O/c1-15(2,3)13(16)14(19)18-10-9-17(4)11-7-5-6-8-12(11)18/h5-8,13H,9-10,16H2,1-4H3/t13-/m0/s1. The minimum absolute atomic E-state index is 0.00745. The van der Waals surface area contributed by atoms with Gasteiger partial charge in [0.25, 0.3) is 0 Å². The number of likely N-dealkylation sites (N-methyl/N-ethyl adjacent to an activating group) is 1. The van der Waals surface area contributed by atoms with Gasteiger partial charge in [-0.2, -0.15) is 0 Å². The zero-order valence-corrected chi connectivity index (χ0v) is 12.2. The van der Waals surface area contributed by atoms with Crippen molar-refractivity contribution in [3.8, 4) is 0 Å². The van der Waals surface area contributed by atoms with E-state index in [-0.39, 0.29) is 11.3 Å². The minimum atomic E-state index is -0.482. The highest BCUT2D eigenvalue weighted by Gasteiger charge is 2.34. The summed E-state index contributed by atoms with van der Waals surface area (Å²) < 4.78 is 0. The number of anilines is 2. The summed E-state index contributed by atoms with van der Waals surface area (Å²) in [6, 6.07) is 7.49. The summed E-state index contributed by atoms with van der Waals surface area (Å²) in [5.74, 6) is 0.00745. The first-order chi connectivity index (χ1) is 8.82.